The second-order valence-electron chi connectivity index (χ2n) is 7.32. The predicted molar refractivity (Wildman–Crippen MR) is 106 cm³/mol. The maximum atomic E-state index is 13.3. The number of nitrogens with one attached hydrogen (secondary N) is 1. The first kappa shape index (κ1) is 22.7. The van der Waals surface area contributed by atoms with Crippen molar-refractivity contribution in [2.24, 2.45) is 0 Å². The van der Waals surface area contributed by atoms with Crippen LogP contribution in [0.4, 0.5) is 19.0 Å². The number of benzene rings is 1. The molecule has 0 saturated heterocycles. The van der Waals surface area contributed by atoms with E-state index >= 15 is 0 Å². The fourth-order valence-corrected chi connectivity index (χ4v) is 2.94. The zero-order valence-electron chi connectivity index (χ0n) is 17.2. The fourth-order valence-electron chi connectivity index (χ4n) is 2.94. The third-order valence-electron chi connectivity index (χ3n) is 4.71. The average molecular weight is 445 g/mol. The van der Waals surface area contributed by atoms with Crippen molar-refractivity contribution in [1.29, 1.82) is 10.5 Å². The van der Waals surface area contributed by atoms with Crippen LogP contribution in [0, 0.1) is 22.7 Å². The number of hydrogen-bond acceptors (Lipinski definition) is 7. The molecular weight excluding hydrogens is 427 g/mol. The van der Waals surface area contributed by atoms with Crippen molar-refractivity contribution in [2.45, 2.75) is 18.6 Å². The van der Waals surface area contributed by atoms with Crippen molar-refractivity contribution in [3.63, 3.8) is 0 Å². The minimum atomic E-state index is -4.72. The number of pyridine rings is 1. The maximum absolute atomic E-state index is 13.3. The molecule has 0 bridgehead atoms. The molecule has 0 spiro atoms. The standard InChI is InChI=1S/C21H18F3N5O3/c1-20(11-26,12-32-16-7-13(9-25)3-4-15(16)21(22,23)24)28-19(30)14-8-17-18(27-10-14)29(2)5-6-31-17/h3-4,7-8,10H,5-6,12H2,1-2H3,(H,28,30). The molecule has 1 amide bonds. The van der Waals surface area contributed by atoms with Gasteiger partial charge in [0.15, 0.2) is 17.1 Å². The number of alkyl halides is 3. The molecule has 0 saturated carbocycles. The molecule has 32 heavy (non-hydrogen) atoms. The van der Waals surface area contributed by atoms with Gasteiger partial charge in [-0.2, -0.15) is 23.7 Å². The molecule has 1 N–H and O–H groups in total. The number of nitriles is 2. The van der Waals surface area contributed by atoms with Crippen LogP contribution in [0.5, 0.6) is 11.5 Å². The van der Waals surface area contributed by atoms with E-state index in [0.717, 1.165) is 18.2 Å². The Hall–Kier alpha value is -3.99. The number of fused-ring (bicyclic) bond motifs is 1. The molecule has 1 aromatic carbocycles. The molecule has 166 valence electrons. The number of nitrogens with zero attached hydrogens (tertiary/aromatic N) is 4. The molecule has 1 atom stereocenters. The highest BCUT2D eigenvalue weighted by atomic mass is 19.4. The monoisotopic (exact) mass is 445 g/mol. The Morgan fingerprint density at radius 1 is 1.34 bits per heavy atom. The Morgan fingerprint density at radius 2 is 2.09 bits per heavy atom. The summed E-state index contributed by atoms with van der Waals surface area (Å²) in [5, 5.41) is 21.0. The van der Waals surface area contributed by atoms with Crippen molar-refractivity contribution in [2.75, 3.05) is 31.7 Å². The van der Waals surface area contributed by atoms with E-state index in [9.17, 15) is 23.2 Å². The SMILES string of the molecule is CN1CCOc2cc(C(=O)NC(C)(C#N)COc3cc(C#N)ccc3C(F)(F)F)cnc21. The van der Waals surface area contributed by atoms with Crippen LogP contribution in [0.25, 0.3) is 0 Å². The van der Waals surface area contributed by atoms with Gasteiger partial charge >= 0.3 is 6.18 Å². The fraction of sp³-hybridized carbons (Fsp3) is 0.333. The molecule has 2 aromatic rings. The highest BCUT2D eigenvalue weighted by Crippen LogP contribution is 2.37. The van der Waals surface area contributed by atoms with E-state index < -0.39 is 35.5 Å². The Bertz CT molecular complexity index is 1120. The lowest BCUT2D eigenvalue weighted by Gasteiger charge is -2.27. The number of aromatic nitrogens is 1. The van der Waals surface area contributed by atoms with Crippen LogP contribution in [0.3, 0.4) is 0 Å². The lowest BCUT2D eigenvalue weighted by molar-refractivity contribution is -0.139. The average Bonchev–Trinajstić information content (AvgIpc) is 2.76. The van der Waals surface area contributed by atoms with Crippen LogP contribution < -0.4 is 19.7 Å². The summed E-state index contributed by atoms with van der Waals surface area (Å²) in [4.78, 5) is 18.7. The Balaban J connectivity index is 1.78. The van der Waals surface area contributed by atoms with Gasteiger partial charge in [-0.3, -0.25) is 4.79 Å². The van der Waals surface area contributed by atoms with E-state index in [1.807, 2.05) is 18.0 Å². The quantitative estimate of drug-likeness (QED) is 0.753. The van der Waals surface area contributed by atoms with Gasteiger partial charge in [-0.05, 0) is 31.2 Å². The molecule has 3 rings (SSSR count). The maximum Gasteiger partial charge on any atom is 0.419 e. The molecule has 1 aliphatic rings. The summed E-state index contributed by atoms with van der Waals surface area (Å²) in [5.41, 5.74) is -2.69. The number of ether oxygens (including phenoxy) is 2. The molecule has 2 heterocycles. The summed E-state index contributed by atoms with van der Waals surface area (Å²) < 4.78 is 50.5. The van der Waals surface area contributed by atoms with Crippen molar-refractivity contribution < 1.29 is 27.4 Å². The first-order chi connectivity index (χ1) is 15.1. The lowest BCUT2D eigenvalue weighted by Crippen LogP contribution is -2.49. The van der Waals surface area contributed by atoms with Gasteiger partial charge in [0.25, 0.3) is 5.91 Å². The Labute approximate surface area is 181 Å². The predicted octanol–water partition coefficient (Wildman–Crippen LogP) is 2.89. The van der Waals surface area contributed by atoms with Crippen LogP contribution in [-0.4, -0.2) is 43.2 Å². The van der Waals surface area contributed by atoms with E-state index in [0.29, 0.717) is 24.7 Å². The Morgan fingerprint density at radius 3 is 2.75 bits per heavy atom. The summed E-state index contributed by atoms with van der Waals surface area (Å²) in [6, 6.07) is 7.73. The second-order valence-corrected chi connectivity index (χ2v) is 7.32. The van der Waals surface area contributed by atoms with E-state index in [1.165, 1.54) is 19.2 Å². The van der Waals surface area contributed by atoms with E-state index in [4.69, 9.17) is 14.7 Å². The van der Waals surface area contributed by atoms with Crippen LogP contribution in [0.2, 0.25) is 0 Å². The molecule has 0 fully saturated rings. The zero-order chi connectivity index (χ0) is 23.5. The molecule has 11 heteroatoms. The minimum absolute atomic E-state index is 0.0409. The van der Waals surface area contributed by atoms with Gasteiger partial charge in [-0.25, -0.2) is 4.98 Å². The Kier molecular flexibility index (Phi) is 6.12. The molecule has 1 aromatic heterocycles. The zero-order valence-corrected chi connectivity index (χ0v) is 17.2. The lowest BCUT2D eigenvalue weighted by atomic mass is 10.0. The molecule has 1 unspecified atom stereocenters. The molecule has 1 aliphatic heterocycles. The summed E-state index contributed by atoms with van der Waals surface area (Å²) in [7, 11) is 1.83. The van der Waals surface area contributed by atoms with Crippen molar-refractivity contribution in [3.8, 4) is 23.6 Å². The van der Waals surface area contributed by atoms with Crippen LogP contribution in [0.1, 0.15) is 28.4 Å². The number of carbonyl (C=O) groups is 1. The van der Waals surface area contributed by atoms with Gasteiger partial charge in [0.1, 0.15) is 19.0 Å². The third-order valence-corrected chi connectivity index (χ3v) is 4.71. The van der Waals surface area contributed by atoms with Crippen LogP contribution >= 0.6 is 0 Å². The first-order valence-electron chi connectivity index (χ1n) is 9.38. The number of carbonyl (C=O) groups excluding carboxylic acids is 1. The number of rotatable bonds is 5. The smallest absolute Gasteiger partial charge is 0.419 e. The van der Waals surface area contributed by atoms with Gasteiger partial charge in [0.05, 0.1) is 35.4 Å². The summed E-state index contributed by atoms with van der Waals surface area (Å²) in [5.74, 6) is -0.313. The normalized spacial score (nSPS) is 14.8. The number of likely N-dealkylation sites (N-methyl/N-ethyl adjacent to an activating group) is 1. The van der Waals surface area contributed by atoms with E-state index in [2.05, 4.69) is 10.3 Å². The summed E-state index contributed by atoms with van der Waals surface area (Å²) in [6.07, 6.45) is -3.41. The van der Waals surface area contributed by atoms with Gasteiger partial charge < -0.3 is 19.7 Å². The number of amides is 1. The number of halogens is 3. The van der Waals surface area contributed by atoms with Crippen molar-refractivity contribution in [3.05, 3.63) is 47.2 Å². The molecule has 0 aliphatic carbocycles. The van der Waals surface area contributed by atoms with Crippen molar-refractivity contribution in [1.82, 2.24) is 10.3 Å². The first-order valence-corrected chi connectivity index (χ1v) is 9.38. The van der Waals surface area contributed by atoms with E-state index in [-0.39, 0.29) is 11.1 Å². The number of hydrogen-bond donors (Lipinski definition) is 1. The molecular formula is C21H18F3N5O3. The highest BCUT2D eigenvalue weighted by molar-refractivity contribution is 5.95. The van der Waals surface area contributed by atoms with Gasteiger partial charge in [-0.15, -0.1) is 0 Å². The van der Waals surface area contributed by atoms with Crippen molar-refractivity contribution >= 4 is 11.7 Å². The summed E-state index contributed by atoms with van der Waals surface area (Å²) in [6.45, 7) is 1.78. The van der Waals surface area contributed by atoms with Crippen LogP contribution in [0.15, 0.2) is 30.5 Å². The summed E-state index contributed by atoms with van der Waals surface area (Å²) >= 11 is 0. The van der Waals surface area contributed by atoms with Crippen LogP contribution in [-0.2, 0) is 6.18 Å². The largest absolute Gasteiger partial charge is 0.489 e. The minimum Gasteiger partial charge on any atom is -0.489 e. The van der Waals surface area contributed by atoms with Gasteiger partial charge in [-0.1, -0.05) is 0 Å². The number of anilines is 1. The highest BCUT2D eigenvalue weighted by Gasteiger charge is 2.36. The molecule has 0 radical (unpaired) electrons. The van der Waals surface area contributed by atoms with Gasteiger partial charge in [0, 0.05) is 13.2 Å². The van der Waals surface area contributed by atoms with E-state index in [1.54, 1.807) is 6.07 Å². The second kappa shape index (κ2) is 8.63. The van der Waals surface area contributed by atoms with Gasteiger partial charge in [0.2, 0.25) is 0 Å². The molecule has 8 nitrogen and oxygen atoms in total. The third kappa shape index (κ3) is 4.83. The topological polar surface area (TPSA) is 111 Å².